The molecule has 0 bridgehead atoms. The number of hydrogen-bond donors (Lipinski definition) is 1. The van der Waals surface area contributed by atoms with Crippen molar-refractivity contribution in [2.24, 2.45) is 0 Å². The average Bonchev–Trinajstić information content (AvgIpc) is 2.56. The number of hydrogen-bond acceptors (Lipinski definition) is 6. The smallest absolute Gasteiger partial charge is 0.315 e. The first-order valence-electron chi connectivity index (χ1n) is 7.88. The molecule has 0 spiro atoms. The minimum absolute atomic E-state index is 0.00523. The van der Waals surface area contributed by atoms with Crippen LogP contribution in [0.4, 0.5) is 0 Å². The zero-order valence-electron chi connectivity index (χ0n) is 13.7. The molecule has 24 heavy (non-hydrogen) atoms. The van der Waals surface area contributed by atoms with Crippen LogP contribution in [0.5, 0.6) is 0 Å². The van der Waals surface area contributed by atoms with Crippen LogP contribution in [0.2, 0.25) is 0 Å². The van der Waals surface area contributed by atoms with Gasteiger partial charge in [0.25, 0.3) is 5.56 Å². The Kier molecular flexibility index (Phi) is 6.06. The summed E-state index contributed by atoms with van der Waals surface area (Å²) in [7, 11) is 0. The van der Waals surface area contributed by atoms with Crippen LogP contribution in [-0.2, 0) is 19.1 Å². The molecule has 2 rings (SSSR count). The minimum atomic E-state index is -0.914. The Bertz CT molecular complexity index is 784. The van der Waals surface area contributed by atoms with Crippen LogP contribution in [0.15, 0.2) is 29.1 Å². The summed E-state index contributed by atoms with van der Waals surface area (Å²) in [5.74, 6) is -1.91. The number of fused-ring (bicyclic) bond motifs is 1. The normalized spacial score (nSPS) is 11.9. The van der Waals surface area contributed by atoms with E-state index in [1.165, 1.54) is 0 Å². The second-order valence-electron chi connectivity index (χ2n) is 5.12. The lowest BCUT2D eigenvalue weighted by Crippen LogP contribution is -2.26. The third-order valence-electron chi connectivity index (χ3n) is 3.47. The van der Waals surface area contributed by atoms with Gasteiger partial charge in [-0.3, -0.25) is 14.4 Å². The first-order chi connectivity index (χ1) is 11.6. The summed E-state index contributed by atoms with van der Waals surface area (Å²) in [6.45, 7) is 3.83. The number of aromatic nitrogens is 2. The summed E-state index contributed by atoms with van der Waals surface area (Å²) in [4.78, 5) is 43.1. The van der Waals surface area contributed by atoms with Gasteiger partial charge in [0, 0.05) is 6.42 Å². The van der Waals surface area contributed by atoms with Crippen molar-refractivity contribution in [3.05, 3.63) is 40.3 Å². The lowest BCUT2D eigenvalue weighted by Gasteiger charge is -2.14. The highest BCUT2D eigenvalue weighted by Crippen LogP contribution is 2.20. The summed E-state index contributed by atoms with van der Waals surface area (Å²) in [6.07, 6.45) is 0.108. The number of carbonyl (C=O) groups excluding carboxylic acids is 2. The summed E-state index contributed by atoms with van der Waals surface area (Å²) in [5, 5.41) is 0. The number of nitrogens with zero attached hydrogens (tertiary/aromatic N) is 1. The average molecular weight is 332 g/mol. The van der Waals surface area contributed by atoms with Crippen molar-refractivity contribution in [3.63, 3.8) is 0 Å². The molecule has 1 atom stereocenters. The number of carbonyl (C=O) groups is 2. The van der Waals surface area contributed by atoms with Crippen molar-refractivity contribution in [2.45, 2.75) is 32.6 Å². The maximum absolute atomic E-state index is 12.3. The standard InChI is InChI=1S/C17H20N2O5/c1-3-23-14(20)10-9-11(17(22)24-4-2)15-16(21)19-13-8-6-5-7-12(13)18-15/h5-8,11H,3-4,9-10H2,1-2H3,(H,19,21). The predicted octanol–water partition coefficient (Wildman–Crippen LogP) is 1.91. The van der Waals surface area contributed by atoms with Gasteiger partial charge >= 0.3 is 11.9 Å². The van der Waals surface area contributed by atoms with Gasteiger partial charge in [-0.25, -0.2) is 4.98 Å². The number of rotatable bonds is 7. The molecule has 0 amide bonds. The molecular weight excluding hydrogens is 312 g/mol. The number of benzene rings is 1. The fraction of sp³-hybridized carbons (Fsp3) is 0.412. The highest BCUT2D eigenvalue weighted by molar-refractivity contribution is 5.80. The van der Waals surface area contributed by atoms with Crippen LogP contribution in [-0.4, -0.2) is 35.1 Å². The number of para-hydroxylation sites is 2. The molecule has 0 saturated heterocycles. The van der Waals surface area contributed by atoms with Gasteiger partial charge in [0.15, 0.2) is 0 Å². The molecule has 0 aliphatic carbocycles. The van der Waals surface area contributed by atoms with Gasteiger partial charge in [-0.2, -0.15) is 0 Å². The molecule has 0 radical (unpaired) electrons. The van der Waals surface area contributed by atoms with Gasteiger partial charge in [0.1, 0.15) is 11.6 Å². The quantitative estimate of drug-likeness (QED) is 0.778. The Balaban J connectivity index is 2.35. The molecule has 7 nitrogen and oxygen atoms in total. The number of ether oxygens (including phenoxy) is 2. The fourth-order valence-corrected chi connectivity index (χ4v) is 2.38. The van der Waals surface area contributed by atoms with E-state index >= 15 is 0 Å². The molecule has 1 aromatic carbocycles. The SMILES string of the molecule is CCOC(=O)CCC(C(=O)OCC)c1nc2ccccc2[nH]c1=O. The molecule has 0 fully saturated rings. The summed E-state index contributed by atoms with van der Waals surface area (Å²) >= 11 is 0. The number of H-pyrrole nitrogens is 1. The maximum Gasteiger partial charge on any atom is 0.315 e. The lowest BCUT2D eigenvalue weighted by atomic mass is 9.99. The number of esters is 2. The summed E-state index contributed by atoms with van der Waals surface area (Å²) < 4.78 is 9.90. The monoisotopic (exact) mass is 332 g/mol. The van der Waals surface area contributed by atoms with Crippen molar-refractivity contribution in [2.75, 3.05) is 13.2 Å². The Morgan fingerprint density at radius 3 is 2.58 bits per heavy atom. The highest BCUT2D eigenvalue weighted by Gasteiger charge is 2.27. The highest BCUT2D eigenvalue weighted by atomic mass is 16.5. The van der Waals surface area contributed by atoms with Crippen molar-refractivity contribution in [1.29, 1.82) is 0 Å². The van der Waals surface area contributed by atoms with E-state index in [1.54, 1.807) is 38.1 Å². The minimum Gasteiger partial charge on any atom is -0.466 e. The third kappa shape index (κ3) is 4.18. The molecule has 0 aliphatic heterocycles. The lowest BCUT2D eigenvalue weighted by molar-refractivity contribution is -0.146. The largest absolute Gasteiger partial charge is 0.466 e. The van der Waals surface area contributed by atoms with Crippen LogP contribution in [0, 0.1) is 0 Å². The van der Waals surface area contributed by atoms with E-state index in [-0.39, 0.29) is 31.7 Å². The van der Waals surface area contributed by atoms with Crippen molar-refractivity contribution in [3.8, 4) is 0 Å². The Morgan fingerprint density at radius 2 is 1.88 bits per heavy atom. The van der Waals surface area contributed by atoms with Gasteiger partial charge in [0.05, 0.1) is 24.2 Å². The third-order valence-corrected chi connectivity index (χ3v) is 3.47. The van der Waals surface area contributed by atoms with Gasteiger partial charge in [-0.15, -0.1) is 0 Å². The first-order valence-corrected chi connectivity index (χ1v) is 7.88. The number of nitrogens with one attached hydrogen (secondary N) is 1. The van der Waals surface area contributed by atoms with Crippen LogP contribution in [0.3, 0.4) is 0 Å². The van der Waals surface area contributed by atoms with E-state index in [0.717, 1.165) is 0 Å². The van der Waals surface area contributed by atoms with Gasteiger partial charge < -0.3 is 14.5 Å². The van der Waals surface area contributed by atoms with E-state index in [2.05, 4.69) is 9.97 Å². The van der Waals surface area contributed by atoms with E-state index in [1.807, 2.05) is 0 Å². The van der Waals surface area contributed by atoms with Crippen LogP contribution >= 0.6 is 0 Å². The van der Waals surface area contributed by atoms with E-state index in [9.17, 15) is 14.4 Å². The first kappa shape index (κ1) is 17.7. The molecule has 1 heterocycles. The molecule has 0 aliphatic rings. The van der Waals surface area contributed by atoms with Crippen molar-refractivity contribution in [1.82, 2.24) is 9.97 Å². The van der Waals surface area contributed by atoms with Gasteiger partial charge in [0.2, 0.25) is 0 Å². The maximum atomic E-state index is 12.3. The van der Waals surface area contributed by atoms with E-state index in [0.29, 0.717) is 11.0 Å². The van der Waals surface area contributed by atoms with Gasteiger partial charge in [-0.05, 0) is 32.4 Å². The Labute approximate surface area is 139 Å². The molecule has 2 aromatic rings. The topological polar surface area (TPSA) is 98.3 Å². The molecule has 0 saturated carbocycles. The molecule has 1 N–H and O–H groups in total. The van der Waals surface area contributed by atoms with Crippen LogP contribution < -0.4 is 5.56 Å². The van der Waals surface area contributed by atoms with Crippen LogP contribution in [0.1, 0.15) is 38.3 Å². The fourth-order valence-electron chi connectivity index (χ4n) is 2.38. The summed E-state index contributed by atoms with van der Waals surface area (Å²) in [6, 6.07) is 7.03. The van der Waals surface area contributed by atoms with Gasteiger partial charge in [-0.1, -0.05) is 12.1 Å². The second kappa shape index (κ2) is 8.24. The van der Waals surface area contributed by atoms with E-state index in [4.69, 9.17) is 9.47 Å². The van der Waals surface area contributed by atoms with Crippen molar-refractivity contribution >= 4 is 23.0 Å². The zero-order chi connectivity index (χ0) is 17.5. The molecule has 7 heteroatoms. The van der Waals surface area contributed by atoms with Crippen LogP contribution in [0.25, 0.3) is 11.0 Å². The zero-order valence-corrected chi connectivity index (χ0v) is 13.7. The summed E-state index contributed by atoms with van der Waals surface area (Å²) in [5.41, 5.74) is 0.740. The molecular formula is C17H20N2O5. The second-order valence-corrected chi connectivity index (χ2v) is 5.12. The van der Waals surface area contributed by atoms with E-state index < -0.39 is 23.4 Å². The Morgan fingerprint density at radius 1 is 1.17 bits per heavy atom. The predicted molar refractivity (Wildman–Crippen MR) is 87.6 cm³/mol. The number of aromatic amines is 1. The molecule has 1 aromatic heterocycles. The molecule has 128 valence electrons. The van der Waals surface area contributed by atoms with Crippen molar-refractivity contribution < 1.29 is 19.1 Å². The Hall–Kier alpha value is -2.70. The molecule has 1 unspecified atom stereocenters.